The van der Waals surface area contributed by atoms with Gasteiger partial charge in [0.15, 0.2) is 0 Å². The van der Waals surface area contributed by atoms with Crippen LogP contribution in [0.3, 0.4) is 0 Å². The topological polar surface area (TPSA) is 71.3 Å². The van der Waals surface area contributed by atoms with Gasteiger partial charge in [0.25, 0.3) is 10.2 Å². The Hall–Kier alpha value is -1.77. The van der Waals surface area contributed by atoms with Crippen molar-refractivity contribution in [1.29, 1.82) is 0 Å². The minimum absolute atomic E-state index is 0.217. The molecule has 2 aromatic heterocycles. The highest BCUT2D eigenvalue weighted by Crippen LogP contribution is 2.34. The lowest BCUT2D eigenvalue weighted by atomic mass is 10.1. The molecule has 1 aliphatic heterocycles. The summed E-state index contributed by atoms with van der Waals surface area (Å²) in [4.78, 5) is 8.89. The molecule has 0 amide bonds. The van der Waals surface area contributed by atoms with Crippen LogP contribution < -0.4 is 0 Å². The monoisotopic (exact) mass is 335 g/mol. The van der Waals surface area contributed by atoms with Crippen LogP contribution in [0.25, 0.3) is 5.82 Å². The molecular formula is C15H21N5O2S. The summed E-state index contributed by atoms with van der Waals surface area (Å²) in [7, 11) is -0.323. The van der Waals surface area contributed by atoms with Gasteiger partial charge < -0.3 is 0 Å². The zero-order valence-corrected chi connectivity index (χ0v) is 14.4. The SMILES string of the molecule is Cc1nccn1-c1cccc([C@H]2CCCN2S(=O)(=O)N(C)C)n1. The van der Waals surface area contributed by atoms with Crippen LogP contribution in [-0.2, 0) is 10.2 Å². The van der Waals surface area contributed by atoms with E-state index in [1.807, 2.05) is 35.9 Å². The summed E-state index contributed by atoms with van der Waals surface area (Å²) in [6.45, 7) is 2.44. The zero-order chi connectivity index (χ0) is 16.6. The highest BCUT2D eigenvalue weighted by atomic mass is 32.2. The number of pyridine rings is 1. The molecule has 124 valence electrons. The van der Waals surface area contributed by atoms with E-state index in [4.69, 9.17) is 0 Å². The molecule has 0 unspecified atom stereocenters. The van der Waals surface area contributed by atoms with E-state index >= 15 is 0 Å². The Balaban J connectivity index is 1.97. The second kappa shape index (κ2) is 6.03. The number of rotatable bonds is 4. The Labute approximate surface area is 136 Å². The minimum Gasteiger partial charge on any atom is -0.288 e. The van der Waals surface area contributed by atoms with Gasteiger partial charge in [-0.15, -0.1) is 0 Å². The van der Waals surface area contributed by atoms with Crippen molar-refractivity contribution in [2.45, 2.75) is 25.8 Å². The zero-order valence-electron chi connectivity index (χ0n) is 13.5. The molecule has 1 fully saturated rings. The molecular weight excluding hydrogens is 314 g/mol. The quantitative estimate of drug-likeness (QED) is 0.849. The van der Waals surface area contributed by atoms with Crippen molar-refractivity contribution in [2.24, 2.45) is 0 Å². The lowest BCUT2D eigenvalue weighted by Gasteiger charge is -2.26. The van der Waals surface area contributed by atoms with Crippen LogP contribution in [0, 0.1) is 6.92 Å². The average Bonchev–Trinajstić information content (AvgIpc) is 3.16. The summed E-state index contributed by atoms with van der Waals surface area (Å²) < 4.78 is 29.7. The van der Waals surface area contributed by atoms with E-state index in [0.29, 0.717) is 6.54 Å². The van der Waals surface area contributed by atoms with E-state index in [2.05, 4.69) is 9.97 Å². The first-order chi connectivity index (χ1) is 10.9. The number of hydrogen-bond donors (Lipinski definition) is 0. The van der Waals surface area contributed by atoms with Gasteiger partial charge in [-0.2, -0.15) is 17.0 Å². The Morgan fingerprint density at radius 3 is 2.74 bits per heavy atom. The molecule has 0 saturated carbocycles. The number of hydrogen-bond acceptors (Lipinski definition) is 4. The average molecular weight is 335 g/mol. The van der Waals surface area contributed by atoms with Gasteiger partial charge >= 0.3 is 0 Å². The fraction of sp³-hybridized carbons (Fsp3) is 0.467. The molecule has 7 nitrogen and oxygen atoms in total. The summed E-state index contributed by atoms with van der Waals surface area (Å²) in [5, 5.41) is 0. The molecule has 0 N–H and O–H groups in total. The molecule has 8 heteroatoms. The number of aryl methyl sites for hydroxylation is 1. The van der Waals surface area contributed by atoms with Gasteiger partial charge in [0.1, 0.15) is 11.6 Å². The molecule has 23 heavy (non-hydrogen) atoms. The summed E-state index contributed by atoms with van der Waals surface area (Å²) in [5.41, 5.74) is 0.776. The second-order valence-electron chi connectivity index (χ2n) is 5.82. The van der Waals surface area contributed by atoms with Gasteiger partial charge in [-0.25, -0.2) is 9.97 Å². The number of aromatic nitrogens is 3. The largest absolute Gasteiger partial charge is 0.288 e. The molecule has 0 aliphatic carbocycles. The predicted octanol–water partition coefficient (Wildman–Crippen LogP) is 1.52. The Kier molecular flexibility index (Phi) is 4.22. The van der Waals surface area contributed by atoms with Crippen LogP contribution >= 0.6 is 0 Å². The van der Waals surface area contributed by atoms with Crippen LogP contribution in [0.2, 0.25) is 0 Å². The molecule has 0 radical (unpaired) electrons. The molecule has 0 spiro atoms. The standard InChI is InChI=1S/C15H21N5O2S/c1-12-16-9-11-19(12)15-8-4-6-13(17-15)14-7-5-10-20(14)23(21,22)18(2)3/h4,6,8-9,11,14H,5,7,10H2,1-3H3/t14-/m1/s1. The predicted molar refractivity (Wildman–Crippen MR) is 87.4 cm³/mol. The van der Waals surface area contributed by atoms with Gasteiger partial charge in [0.05, 0.1) is 11.7 Å². The van der Waals surface area contributed by atoms with Gasteiger partial charge in [-0.05, 0) is 31.9 Å². The molecule has 1 saturated heterocycles. The normalized spacial score (nSPS) is 19.6. The van der Waals surface area contributed by atoms with Crippen LogP contribution in [0.1, 0.15) is 30.4 Å². The molecule has 3 heterocycles. The number of nitrogens with zero attached hydrogens (tertiary/aromatic N) is 5. The second-order valence-corrected chi connectivity index (χ2v) is 7.92. The highest BCUT2D eigenvalue weighted by molar-refractivity contribution is 7.86. The fourth-order valence-electron chi connectivity index (χ4n) is 2.90. The molecule has 1 aliphatic rings. The Bertz CT molecular complexity index is 800. The maximum Gasteiger partial charge on any atom is 0.282 e. The number of imidazole rings is 1. The van der Waals surface area contributed by atoms with Crippen molar-refractivity contribution in [2.75, 3.05) is 20.6 Å². The Morgan fingerprint density at radius 1 is 1.30 bits per heavy atom. The summed E-state index contributed by atoms with van der Waals surface area (Å²) in [6.07, 6.45) is 5.20. The van der Waals surface area contributed by atoms with Crippen LogP contribution in [0.4, 0.5) is 0 Å². The van der Waals surface area contributed by atoms with Crippen molar-refractivity contribution < 1.29 is 8.42 Å². The molecule has 0 aromatic carbocycles. The Morgan fingerprint density at radius 2 is 2.09 bits per heavy atom. The third-order valence-corrected chi connectivity index (χ3v) is 6.08. The van der Waals surface area contributed by atoms with Crippen LogP contribution in [0.5, 0.6) is 0 Å². The van der Waals surface area contributed by atoms with Gasteiger partial charge in [0, 0.05) is 33.0 Å². The highest BCUT2D eigenvalue weighted by Gasteiger charge is 2.37. The molecule has 2 aromatic rings. The summed E-state index contributed by atoms with van der Waals surface area (Å²) in [6, 6.07) is 5.49. The van der Waals surface area contributed by atoms with Crippen molar-refractivity contribution in [3.05, 3.63) is 42.1 Å². The van der Waals surface area contributed by atoms with E-state index in [-0.39, 0.29) is 6.04 Å². The van der Waals surface area contributed by atoms with Crippen LogP contribution in [0.15, 0.2) is 30.6 Å². The molecule has 1 atom stereocenters. The van der Waals surface area contributed by atoms with E-state index in [9.17, 15) is 8.42 Å². The van der Waals surface area contributed by atoms with Crippen LogP contribution in [-0.4, -0.2) is 52.2 Å². The van der Waals surface area contributed by atoms with E-state index < -0.39 is 10.2 Å². The smallest absolute Gasteiger partial charge is 0.282 e. The first-order valence-electron chi connectivity index (χ1n) is 7.58. The maximum atomic E-state index is 12.5. The summed E-state index contributed by atoms with van der Waals surface area (Å²) >= 11 is 0. The van der Waals surface area contributed by atoms with Crippen molar-refractivity contribution >= 4 is 10.2 Å². The lowest BCUT2D eigenvalue weighted by molar-refractivity contribution is 0.358. The lowest BCUT2D eigenvalue weighted by Crippen LogP contribution is -2.39. The fourth-order valence-corrected chi connectivity index (χ4v) is 4.22. The van der Waals surface area contributed by atoms with Gasteiger partial charge in [-0.3, -0.25) is 4.57 Å². The van der Waals surface area contributed by atoms with Gasteiger partial charge in [-0.1, -0.05) is 6.07 Å². The molecule has 3 rings (SSSR count). The minimum atomic E-state index is -3.44. The summed E-state index contributed by atoms with van der Waals surface area (Å²) in [5.74, 6) is 1.60. The van der Waals surface area contributed by atoms with Gasteiger partial charge in [0.2, 0.25) is 0 Å². The van der Waals surface area contributed by atoms with E-state index in [0.717, 1.165) is 30.2 Å². The third kappa shape index (κ3) is 2.89. The van der Waals surface area contributed by atoms with Crippen molar-refractivity contribution in [3.8, 4) is 5.82 Å². The molecule has 0 bridgehead atoms. The first kappa shape index (κ1) is 16.1. The van der Waals surface area contributed by atoms with E-state index in [1.54, 1.807) is 24.6 Å². The maximum absolute atomic E-state index is 12.5. The first-order valence-corrected chi connectivity index (χ1v) is 8.97. The van der Waals surface area contributed by atoms with Crippen molar-refractivity contribution in [3.63, 3.8) is 0 Å². The van der Waals surface area contributed by atoms with Crippen molar-refractivity contribution in [1.82, 2.24) is 23.1 Å². The van der Waals surface area contributed by atoms with E-state index in [1.165, 1.54) is 4.31 Å². The third-order valence-electron chi connectivity index (χ3n) is 4.13.